The van der Waals surface area contributed by atoms with Crippen molar-refractivity contribution in [3.63, 3.8) is 0 Å². The van der Waals surface area contributed by atoms with Gasteiger partial charge in [0.05, 0.1) is 27.4 Å². The van der Waals surface area contributed by atoms with Crippen molar-refractivity contribution in [2.24, 2.45) is 4.99 Å². The van der Waals surface area contributed by atoms with Crippen molar-refractivity contribution in [2.75, 3.05) is 7.11 Å². The summed E-state index contributed by atoms with van der Waals surface area (Å²) < 4.78 is 7.60. The molecule has 1 heterocycles. The molecule has 0 spiro atoms. The number of nitrogens with zero attached hydrogens (tertiary/aromatic N) is 1. The van der Waals surface area contributed by atoms with E-state index in [-0.39, 0.29) is 5.69 Å². The zero-order valence-electron chi connectivity index (χ0n) is 11.5. The van der Waals surface area contributed by atoms with Crippen LogP contribution in [0.15, 0.2) is 40.1 Å². The third-order valence-corrected chi connectivity index (χ3v) is 4.52. The number of hydrogen-bond acceptors (Lipinski definition) is 3. The van der Waals surface area contributed by atoms with E-state index < -0.39 is 0 Å². The van der Waals surface area contributed by atoms with Gasteiger partial charge in [-0.25, -0.2) is 4.79 Å². The molecule has 22 heavy (non-hydrogen) atoms. The number of halogens is 2. The molecule has 112 valence electrons. The van der Waals surface area contributed by atoms with Crippen molar-refractivity contribution < 1.29 is 4.74 Å². The van der Waals surface area contributed by atoms with E-state index >= 15 is 0 Å². The highest BCUT2D eigenvalue weighted by Gasteiger charge is 2.07. The topological polar surface area (TPSA) is 70.2 Å². The lowest BCUT2D eigenvalue weighted by atomic mass is 10.2. The monoisotopic (exact) mass is 519 g/mol. The molecule has 2 aromatic carbocycles. The zero-order chi connectivity index (χ0) is 15.7. The molecule has 0 saturated heterocycles. The number of methoxy groups -OCH3 is 1. The highest BCUT2D eigenvalue weighted by atomic mass is 127. The van der Waals surface area contributed by atoms with Gasteiger partial charge in [-0.1, -0.05) is 0 Å². The first-order valence-electron chi connectivity index (χ1n) is 6.36. The van der Waals surface area contributed by atoms with Crippen LogP contribution in [0.3, 0.4) is 0 Å². The normalized spacial score (nSPS) is 11.4. The fourth-order valence-electron chi connectivity index (χ4n) is 2.14. The Kier molecular flexibility index (Phi) is 4.52. The maximum Gasteiger partial charge on any atom is 0.323 e. The van der Waals surface area contributed by atoms with Crippen LogP contribution in [-0.2, 0) is 0 Å². The molecule has 7 heteroatoms. The number of aromatic nitrogens is 2. The van der Waals surface area contributed by atoms with Gasteiger partial charge in [0.2, 0.25) is 0 Å². The molecule has 0 aliphatic heterocycles. The molecule has 2 N–H and O–H groups in total. The molecule has 0 atom stereocenters. The highest BCUT2D eigenvalue weighted by molar-refractivity contribution is 14.1. The fourth-order valence-corrected chi connectivity index (χ4v) is 4.25. The van der Waals surface area contributed by atoms with Gasteiger partial charge in [-0.15, -0.1) is 0 Å². The smallest absolute Gasteiger partial charge is 0.323 e. The first kappa shape index (κ1) is 15.5. The Labute approximate surface area is 153 Å². The Morgan fingerprint density at radius 3 is 2.68 bits per heavy atom. The Bertz CT molecular complexity index is 928. The second-order valence-electron chi connectivity index (χ2n) is 4.58. The van der Waals surface area contributed by atoms with E-state index in [0.717, 1.165) is 35.2 Å². The van der Waals surface area contributed by atoms with Crippen LogP contribution >= 0.6 is 45.2 Å². The summed E-state index contributed by atoms with van der Waals surface area (Å²) in [5, 5.41) is 0. The summed E-state index contributed by atoms with van der Waals surface area (Å²) in [6, 6.07) is 9.58. The predicted octanol–water partition coefficient (Wildman–Crippen LogP) is 3.82. The maximum atomic E-state index is 11.3. The standard InChI is InChI=1S/C15H11I2N3O2/c1-22-14-8(4-9(16)5-11(14)17)7-18-10-2-3-12-13(6-10)20-15(21)19-12/h2-7H,1H3,(H2,19,20,21). The summed E-state index contributed by atoms with van der Waals surface area (Å²) in [4.78, 5) is 21.2. The van der Waals surface area contributed by atoms with Gasteiger partial charge in [-0.05, 0) is 75.5 Å². The number of ether oxygens (including phenoxy) is 1. The average Bonchev–Trinajstić information content (AvgIpc) is 2.83. The van der Waals surface area contributed by atoms with Gasteiger partial charge in [0.25, 0.3) is 0 Å². The van der Waals surface area contributed by atoms with Crippen LogP contribution < -0.4 is 10.4 Å². The van der Waals surface area contributed by atoms with Crippen LogP contribution in [0.2, 0.25) is 0 Å². The van der Waals surface area contributed by atoms with Gasteiger partial charge in [0.15, 0.2) is 0 Å². The number of benzene rings is 2. The highest BCUT2D eigenvalue weighted by Crippen LogP contribution is 2.27. The quantitative estimate of drug-likeness (QED) is 0.409. The third-order valence-electron chi connectivity index (χ3n) is 3.09. The van der Waals surface area contributed by atoms with Crippen molar-refractivity contribution in [1.82, 2.24) is 9.97 Å². The summed E-state index contributed by atoms with van der Waals surface area (Å²) in [6.45, 7) is 0. The van der Waals surface area contributed by atoms with Gasteiger partial charge < -0.3 is 14.7 Å². The van der Waals surface area contributed by atoms with E-state index in [4.69, 9.17) is 4.74 Å². The molecule has 0 aliphatic rings. The molecule has 0 fully saturated rings. The number of nitrogens with one attached hydrogen (secondary N) is 2. The fraction of sp³-hybridized carbons (Fsp3) is 0.0667. The number of hydrogen-bond donors (Lipinski definition) is 2. The number of imidazole rings is 1. The Hall–Kier alpha value is -1.36. The maximum absolute atomic E-state index is 11.3. The molecule has 0 aliphatic carbocycles. The van der Waals surface area contributed by atoms with Gasteiger partial charge in [-0.3, -0.25) is 4.99 Å². The van der Waals surface area contributed by atoms with E-state index in [2.05, 4.69) is 60.1 Å². The van der Waals surface area contributed by atoms with Crippen molar-refractivity contribution in [3.8, 4) is 5.75 Å². The lowest BCUT2D eigenvalue weighted by Crippen LogP contribution is -1.99. The van der Waals surface area contributed by atoms with Crippen LogP contribution in [0.25, 0.3) is 11.0 Å². The minimum Gasteiger partial charge on any atom is -0.495 e. The number of fused-ring (bicyclic) bond motifs is 1. The van der Waals surface area contributed by atoms with Gasteiger partial charge in [0.1, 0.15) is 5.75 Å². The van der Waals surface area contributed by atoms with E-state index in [1.165, 1.54) is 0 Å². The molecule has 0 amide bonds. The number of aromatic amines is 2. The Balaban J connectivity index is 2.00. The number of rotatable bonds is 3. The van der Waals surface area contributed by atoms with E-state index in [1.54, 1.807) is 13.3 Å². The van der Waals surface area contributed by atoms with Crippen LogP contribution in [-0.4, -0.2) is 23.3 Å². The van der Waals surface area contributed by atoms with Crippen LogP contribution in [0.4, 0.5) is 5.69 Å². The van der Waals surface area contributed by atoms with Crippen molar-refractivity contribution in [2.45, 2.75) is 0 Å². The largest absolute Gasteiger partial charge is 0.495 e. The lowest BCUT2D eigenvalue weighted by molar-refractivity contribution is 0.411. The Morgan fingerprint density at radius 2 is 1.91 bits per heavy atom. The molecular formula is C15H11I2N3O2. The van der Waals surface area contributed by atoms with Crippen molar-refractivity contribution in [1.29, 1.82) is 0 Å². The number of aliphatic imine (C=N–C) groups is 1. The van der Waals surface area contributed by atoms with Gasteiger partial charge >= 0.3 is 5.69 Å². The summed E-state index contributed by atoms with van der Waals surface area (Å²) in [5.41, 5.74) is 2.97. The van der Waals surface area contributed by atoms with E-state index in [1.807, 2.05) is 30.3 Å². The van der Waals surface area contributed by atoms with Crippen LogP contribution in [0.5, 0.6) is 5.75 Å². The van der Waals surface area contributed by atoms with Crippen molar-refractivity contribution in [3.05, 3.63) is 53.5 Å². The van der Waals surface area contributed by atoms with E-state index in [9.17, 15) is 4.79 Å². The summed E-state index contributed by atoms with van der Waals surface area (Å²) in [6.07, 6.45) is 1.77. The molecular weight excluding hydrogens is 508 g/mol. The molecule has 1 aromatic heterocycles. The molecule has 5 nitrogen and oxygen atoms in total. The number of H-pyrrole nitrogens is 2. The first-order chi connectivity index (χ1) is 10.6. The average molecular weight is 519 g/mol. The molecule has 0 unspecified atom stereocenters. The minimum absolute atomic E-state index is 0.218. The van der Waals surface area contributed by atoms with E-state index in [0.29, 0.717) is 0 Å². The second-order valence-corrected chi connectivity index (χ2v) is 6.99. The molecule has 0 radical (unpaired) electrons. The van der Waals surface area contributed by atoms with Gasteiger partial charge in [-0.2, -0.15) is 0 Å². The second kappa shape index (κ2) is 6.41. The molecule has 0 saturated carbocycles. The SMILES string of the molecule is COc1c(I)cc(I)cc1C=Nc1ccc2[nH]c(=O)[nH]c2c1. The molecule has 3 aromatic rings. The summed E-state index contributed by atoms with van der Waals surface area (Å²) in [5.74, 6) is 0.806. The lowest BCUT2D eigenvalue weighted by Gasteiger charge is -2.07. The Morgan fingerprint density at radius 1 is 1.14 bits per heavy atom. The molecule has 3 rings (SSSR count). The van der Waals surface area contributed by atoms with Crippen LogP contribution in [0.1, 0.15) is 5.56 Å². The zero-order valence-corrected chi connectivity index (χ0v) is 15.8. The van der Waals surface area contributed by atoms with Crippen molar-refractivity contribution >= 4 is 68.1 Å². The minimum atomic E-state index is -0.218. The van der Waals surface area contributed by atoms with Crippen LogP contribution in [0, 0.1) is 7.14 Å². The predicted molar refractivity (Wildman–Crippen MR) is 105 cm³/mol. The summed E-state index contributed by atoms with van der Waals surface area (Å²) >= 11 is 4.51. The first-order valence-corrected chi connectivity index (χ1v) is 8.52. The molecule has 0 bridgehead atoms. The third kappa shape index (κ3) is 3.19. The van der Waals surface area contributed by atoms with Gasteiger partial charge in [0, 0.05) is 15.3 Å². The summed E-state index contributed by atoms with van der Waals surface area (Å²) in [7, 11) is 1.65.